The lowest BCUT2D eigenvalue weighted by Crippen LogP contribution is -2.92. The van der Waals surface area contributed by atoms with Gasteiger partial charge in [-0.25, -0.2) is 0 Å². The molecule has 0 unspecified atom stereocenters. The van der Waals surface area contributed by atoms with Crippen LogP contribution in [-0.2, 0) is 4.79 Å². The molecule has 0 aliphatic rings. The molecule has 0 aliphatic heterocycles. The highest BCUT2D eigenvalue weighted by Crippen LogP contribution is 2.14. The monoisotopic (exact) mass is 269 g/mol. The highest BCUT2D eigenvalue weighted by Gasteiger charge is 2.20. The van der Waals surface area contributed by atoms with E-state index in [9.17, 15) is 4.79 Å². The van der Waals surface area contributed by atoms with Crippen molar-refractivity contribution in [3.63, 3.8) is 0 Å². The third kappa shape index (κ3) is 4.67. The third-order valence-electron chi connectivity index (χ3n) is 2.80. The lowest BCUT2D eigenvalue weighted by atomic mass is 10.1. The number of hydrogen-bond acceptors (Lipinski definition) is 1. The molecule has 0 fully saturated rings. The van der Waals surface area contributed by atoms with Gasteiger partial charge in [-0.2, -0.15) is 0 Å². The summed E-state index contributed by atoms with van der Waals surface area (Å²) in [5.41, 5.74) is 1.13. The van der Waals surface area contributed by atoms with E-state index in [1.54, 1.807) is 0 Å². The molecule has 0 spiro atoms. The Labute approximate surface area is 114 Å². The third-order valence-corrected chi connectivity index (χ3v) is 3.03. The van der Waals surface area contributed by atoms with E-state index in [0.29, 0.717) is 0 Å². The van der Waals surface area contributed by atoms with E-state index in [-0.39, 0.29) is 24.0 Å². The Morgan fingerprint density at radius 1 is 1.28 bits per heavy atom. The van der Waals surface area contributed by atoms with Crippen LogP contribution in [0.2, 0.25) is 5.02 Å². The Bertz CT molecular complexity index is 407. The molecule has 1 amide bonds. The first-order valence-electron chi connectivity index (χ1n) is 6.31. The van der Waals surface area contributed by atoms with Crippen LogP contribution in [0.3, 0.4) is 0 Å². The fraction of sp³-hybridized carbons (Fsp3) is 0.500. The summed E-state index contributed by atoms with van der Waals surface area (Å²) in [7, 11) is 0. The number of benzene rings is 1. The van der Waals surface area contributed by atoms with E-state index in [2.05, 4.69) is 12.2 Å². The van der Waals surface area contributed by atoms with Gasteiger partial charge in [0.25, 0.3) is 5.91 Å². The SMILES string of the molecule is CC(C)NC(=O)[C@@H](C)[NH2+][C@H](C)c1cccc(Cl)c1. The van der Waals surface area contributed by atoms with Crippen molar-refractivity contribution in [3.8, 4) is 0 Å². The van der Waals surface area contributed by atoms with Gasteiger partial charge < -0.3 is 10.6 Å². The molecule has 18 heavy (non-hydrogen) atoms. The number of amides is 1. The summed E-state index contributed by atoms with van der Waals surface area (Å²) in [6.45, 7) is 7.92. The van der Waals surface area contributed by atoms with E-state index in [4.69, 9.17) is 11.6 Å². The molecule has 0 radical (unpaired) electrons. The molecule has 3 nitrogen and oxygen atoms in total. The van der Waals surface area contributed by atoms with Crippen LogP contribution in [0.15, 0.2) is 24.3 Å². The van der Waals surface area contributed by atoms with Gasteiger partial charge in [0.15, 0.2) is 6.04 Å². The minimum Gasteiger partial charge on any atom is -0.349 e. The zero-order valence-corrected chi connectivity index (χ0v) is 12.2. The Balaban J connectivity index is 2.59. The number of carbonyl (C=O) groups excluding carboxylic acids is 1. The van der Waals surface area contributed by atoms with Crippen LogP contribution in [0, 0.1) is 0 Å². The predicted octanol–water partition coefficient (Wildman–Crippen LogP) is 1.88. The lowest BCUT2D eigenvalue weighted by molar-refractivity contribution is -0.710. The van der Waals surface area contributed by atoms with Gasteiger partial charge in [0.2, 0.25) is 0 Å². The summed E-state index contributed by atoms with van der Waals surface area (Å²) < 4.78 is 0. The summed E-state index contributed by atoms with van der Waals surface area (Å²) in [5, 5.41) is 5.69. The first-order chi connectivity index (χ1) is 8.40. The van der Waals surface area contributed by atoms with Crippen molar-refractivity contribution in [1.29, 1.82) is 0 Å². The zero-order chi connectivity index (χ0) is 13.7. The summed E-state index contributed by atoms with van der Waals surface area (Å²) >= 11 is 5.96. The average molecular weight is 270 g/mol. The normalized spacial score (nSPS) is 14.3. The Hall–Kier alpha value is -1.06. The van der Waals surface area contributed by atoms with Gasteiger partial charge in [0, 0.05) is 16.6 Å². The molecule has 1 aromatic carbocycles. The van der Waals surface area contributed by atoms with E-state index < -0.39 is 0 Å². The minimum absolute atomic E-state index is 0.0684. The molecule has 0 saturated carbocycles. The second-order valence-electron chi connectivity index (χ2n) is 4.99. The quantitative estimate of drug-likeness (QED) is 0.842. The second-order valence-corrected chi connectivity index (χ2v) is 5.42. The van der Waals surface area contributed by atoms with E-state index in [1.807, 2.05) is 50.4 Å². The van der Waals surface area contributed by atoms with Gasteiger partial charge in [0.1, 0.15) is 6.04 Å². The molecule has 100 valence electrons. The highest BCUT2D eigenvalue weighted by molar-refractivity contribution is 6.30. The topological polar surface area (TPSA) is 45.7 Å². The van der Waals surface area contributed by atoms with Crippen molar-refractivity contribution < 1.29 is 10.1 Å². The first kappa shape index (κ1) is 15.0. The van der Waals surface area contributed by atoms with Crippen molar-refractivity contribution in [2.75, 3.05) is 0 Å². The van der Waals surface area contributed by atoms with Gasteiger partial charge in [-0.1, -0.05) is 23.7 Å². The molecule has 1 aromatic rings. The standard InChI is InChI=1S/C14H21ClN2O/c1-9(2)16-14(18)11(4)17-10(3)12-6-5-7-13(15)8-12/h5-11,17H,1-4H3,(H,16,18)/p+1/t10-,11-/m1/s1. The molecule has 0 aliphatic carbocycles. The van der Waals surface area contributed by atoms with Gasteiger partial charge in [-0.05, 0) is 39.8 Å². The smallest absolute Gasteiger partial charge is 0.278 e. The van der Waals surface area contributed by atoms with Crippen molar-refractivity contribution in [2.45, 2.75) is 45.8 Å². The molecule has 2 atom stereocenters. The van der Waals surface area contributed by atoms with Gasteiger partial charge in [-0.3, -0.25) is 4.79 Å². The molecule has 0 aromatic heterocycles. The Morgan fingerprint density at radius 2 is 1.94 bits per heavy atom. The number of nitrogens with two attached hydrogens (primary N) is 1. The zero-order valence-electron chi connectivity index (χ0n) is 11.4. The fourth-order valence-corrected chi connectivity index (χ4v) is 2.04. The van der Waals surface area contributed by atoms with Crippen LogP contribution >= 0.6 is 11.6 Å². The summed E-state index contributed by atoms with van der Waals surface area (Å²) in [5.74, 6) is 0.0684. The molecular weight excluding hydrogens is 248 g/mol. The predicted molar refractivity (Wildman–Crippen MR) is 74.5 cm³/mol. The van der Waals surface area contributed by atoms with Crippen molar-refractivity contribution in [1.82, 2.24) is 5.32 Å². The summed E-state index contributed by atoms with van der Waals surface area (Å²) in [4.78, 5) is 11.8. The lowest BCUT2D eigenvalue weighted by Gasteiger charge is -2.18. The van der Waals surface area contributed by atoms with E-state index in [0.717, 1.165) is 10.6 Å². The van der Waals surface area contributed by atoms with Crippen molar-refractivity contribution in [3.05, 3.63) is 34.9 Å². The molecular formula is C14H22ClN2O+. The number of nitrogens with one attached hydrogen (secondary N) is 1. The number of rotatable bonds is 5. The first-order valence-corrected chi connectivity index (χ1v) is 6.68. The van der Waals surface area contributed by atoms with E-state index >= 15 is 0 Å². The highest BCUT2D eigenvalue weighted by atomic mass is 35.5. The number of carbonyl (C=O) groups is 1. The minimum atomic E-state index is -0.110. The molecule has 0 saturated heterocycles. The molecule has 3 N–H and O–H groups in total. The molecule has 0 bridgehead atoms. The maximum absolute atomic E-state index is 11.8. The van der Waals surface area contributed by atoms with Gasteiger partial charge in [0.05, 0.1) is 0 Å². The Morgan fingerprint density at radius 3 is 2.50 bits per heavy atom. The maximum atomic E-state index is 11.8. The Kier molecular flexibility index (Phi) is 5.63. The largest absolute Gasteiger partial charge is 0.349 e. The van der Waals surface area contributed by atoms with Gasteiger partial charge in [-0.15, -0.1) is 0 Å². The second kappa shape index (κ2) is 6.76. The van der Waals surface area contributed by atoms with Crippen LogP contribution in [0.5, 0.6) is 0 Å². The summed E-state index contributed by atoms with van der Waals surface area (Å²) in [6.07, 6.45) is 0. The summed E-state index contributed by atoms with van der Waals surface area (Å²) in [6, 6.07) is 8.02. The van der Waals surface area contributed by atoms with Crippen LogP contribution in [0.4, 0.5) is 0 Å². The fourth-order valence-electron chi connectivity index (χ4n) is 1.84. The van der Waals surface area contributed by atoms with Crippen LogP contribution < -0.4 is 10.6 Å². The number of quaternary nitrogens is 1. The average Bonchev–Trinajstić information content (AvgIpc) is 2.27. The van der Waals surface area contributed by atoms with Crippen molar-refractivity contribution in [2.24, 2.45) is 0 Å². The molecule has 0 heterocycles. The molecule has 1 rings (SSSR count). The van der Waals surface area contributed by atoms with Crippen LogP contribution in [0.1, 0.15) is 39.3 Å². The van der Waals surface area contributed by atoms with Crippen LogP contribution in [0.25, 0.3) is 0 Å². The van der Waals surface area contributed by atoms with Gasteiger partial charge >= 0.3 is 0 Å². The number of halogens is 1. The maximum Gasteiger partial charge on any atom is 0.278 e. The number of hydrogen-bond donors (Lipinski definition) is 2. The van der Waals surface area contributed by atoms with E-state index in [1.165, 1.54) is 0 Å². The van der Waals surface area contributed by atoms with Crippen molar-refractivity contribution >= 4 is 17.5 Å². The van der Waals surface area contributed by atoms with Crippen LogP contribution in [-0.4, -0.2) is 18.0 Å². The molecule has 4 heteroatoms.